The predicted molar refractivity (Wildman–Crippen MR) is 120 cm³/mol. The van der Waals surface area contributed by atoms with Gasteiger partial charge in [0.05, 0.1) is 13.2 Å². The summed E-state index contributed by atoms with van der Waals surface area (Å²) >= 11 is 0. The highest BCUT2D eigenvalue weighted by Gasteiger charge is 2.23. The van der Waals surface area contributed by atoms with Crippen LogP contribution in [0.15, 0.2) is 39.9 Å². The van der Waals surface area contributed by atoms with E-state index >= 15 is 0 Å². The van der Waals surface area contributed by atoms with Crippen LogP contribution in [0.1, 0.15) is 38.4 Å². The van der Waals surface area contributed by atoms with Crippen LogP contribution in [0.25, 0.3) is 11.2 Å². The molecule has 0 bridgehead atoms. The van der Waals surface area contributed by atoms with Crippen LogP contribution in [-0.4, -0.2) is 43.7 Å². The molecule has 1 aliphatic rings. The molecule has 0 radical (unpaired) electrons. The van der Waals surface area contributed by atoms with Gasteiger partial charge in [-0.2, -0.15) is 0 Å². The summed E-state index contributed by atoms with van der Waals surface area (Å²) in [6.45, 7) is 5.89. The van der Waals surface area contributed by atoms with Crippen LogP contribution in [0.2, 0.25) is 0 Å². The van der Waals surface area contributed by atoms with Gasteiger partial charge in [0.2, 0.25) is 0 Å². The number of piperidine rings is 1. The molecule has 1 aliphatic heterocycles. The van der Waals surface area contributed by atoms with E-state index in [4.69, 9.17) is 9.72 Å². The van der Waals surface area contributed by atoms with Crippen molar-refractivity contribution < 1.29 is 4.74 Å². The van der Waals surface area contributed by atoms with Gasteiger partial charge in [-0.05, 0) is 37.9 Å². The first kappa shape index (κ1) is 21.4. The Labute approximate surface area is 181 Å². The molecule has 1 fully saturated rings. The summed E-state index contributed by atoms with van der Waals surface area (Å²) in [6.07, 6.45) is 4.08. The average Bonchev–Trinajstić information content (AvgIpc) is 3.09. The fourth-order valence-electron chi connectivity index (χ4n) is 4.32. The Balaban J connectivity index is 1.50. The number of rotatable bonds is 8. The molecule has 1 atom stereocenters. The molecular formula is C23H31N5O3. The minimum absolute atomic E-state index is 0.373. The van der Waals surface area contributed by atoms with Gasteiger partial charge in [-0.3, -0.25) is 19.2 Å². The Hall–Kier alpha value is -2.87. The molecular weight excluding hydrogens is 394 g/mol. The Morgan fingerprint density at radius 2 is 2.03 bits per heavy atom. The molecule has 0 spiro atoms. The van der Waals surface area contributed by atoms with Crippen LogP contribution in [-0.2, 0) is 20.1 Å². The maximum Gasteiger partial charge on any atom is 0.330 e. The molecule has 4 rings (SSSR count). The summed E-state index contributed by atoms with van der Waals surface area (Å²) < 4.78 is 9.39. The fraction of sp³-hybridized carbons (Fsp3) is 0.522. The minimum Gasteiger partial charge on any atom is -0.493 e. The second kappa shape index (κ2) is 9.51. The number of aromatic nitrogens is 4. The number of para-hydroxylation sites is 1. The van der Waals surface area contributed by atoms with Gasteiger partial charge in [-0.15, -0.1) is 0 Å². The first-order chi connectivity index (χ1) is 15.1. The van der Waals surface area contributed by atoms with Crippen molar-refractivity contribution in [3.63, 3.8) is 0 Å². The van der Waals surface area contributed by atoms with Gasteiger partial charge in [0.1, 0.15) is 11.6 Å². The number of aromatic amines is 1. The molecule has 1 aromatic carbocycles. The lowest BCUT2D eigenvalue weighted by Crippen LogP contribution is -2.37. The van der Waals surface area contributed by atoms with E-state index in [0.29, 0.717) is 36.8 Å². The number of likely N-dealkylation sites (tertiary alicyclic amines) is 1. The van der Waals surface area contributed by atoms with E-state index in [0.717, 1.165) is 50.3 Å². The van der Waals surface area contributed by atoms with Crippen molar-refractivity contribution in [1.29, 1.82) is 0 Å². The molecule has 0 aliphatic carbocycles. The first-order valence-electron chi connectivity index (χ1n) is 11.2. The monoisotopic (exact) mass is 425 g/mol. The summed E-state index contributed by atoms with van der Waals surface area (Å²) in [6, 6.07) is 9.91. The summed E-state index contributed by atoms with van der Waals surface area (Å²) in [5.74, 6) is 2.16. The largest absolute Gasteiger partial charge is 0.493 e. The standard InChI is InChI=1S/C23H31N5O3/c1-3-4-13-28-21-20(22(29)25-23(28)30)26(2)19(24-21)15-27-12-8-9-17(14-27)16-31-18-10-6-5-7-11-18/h5-7,10-11,17H,3-4,8-9,12-16H2,1-2H3,(H,25,29,30). The van der Waals surface area contributed by atoms with E-state index in [1.807, 2.05) is 41.9 Å². The number of hydrogen-bond donors (Lipinski definition) is 1. The van der Waals surface area contributed by atoms with E-state index < -0.39 is 0 Å². The van der Waals surface area contributed by atoms with Gasteiger partial charge in [0.15, 0.2) is 11.2 Å². The number of nitrogens with zero attached hydrogens (tertiary/aromatic N) is 4. The lowest BCUT2D eigenvalue weighted by molar-refractivity contribution is 0.122. The van der Waals surface area contributed by atoms with Gasteiger partial charge >= 0.3 is 5.69 Å². The van der Waals surface area contributed by atoms with Crippen molar-refractivity contribution >= 4 is 11.2 Å². The molecule has 166 valence electrons. The number of imidazole rings is 1. The van der Waals surface area contributed by atoms with Crippen molar-refractivity contribution in [2.45, 2.75) is 45.7 Å². The second-order valence-electron chi connectivity index (χ2n) is 8.39. The van der Waals surface area contributed by atoms with Crippen molar-refractivity contribution in [2.75, 3.05) is 19.7 Å². The van der Waals surface area contributed by atoms with Gasteiger partial charge in [0.25, 0.3) is 5.56 Å². The molecule has 8 heteroatoms. The van der Waals surface area contributed by atoms with Gasteiger partial charge in [-0.25, -0.2) is 9.78 Å². The average molecular weight is 426 g/mol. The zero-order chi connectivity index (χ0) is 21.8. The van der Waals surface area contributed by atoms with Crippen LogP contribution in [0.4, 0.5) is 0 Å². The second-order valence-corrected chi connectivity index (χ2v) is 8.39. The van der Waals surface area contributed by atoms with Crippen molar-refractivity contribution in [3.8, 4) is 5.75 Å². The van der Waals surface area contributed by atoms with E-state index in [1.165, 1.54) is 0 Å². The summed E-state index contributed by atoms with van der Waals surface area (Å²) in [5, 5.41) is 0. The molecule has 3 heterocycles. The third-order valence-electron chi connectivity index (χ3n) is 6.04. The third-order valence-corrected chi connectivity index (χ3v) is 6.04. The minimum atomic E-state index is -0.383. The van der Waals surface area contributed by atoms with Gasteiger partial charge in [-0.1, -0.05) is 31.5 Å². The van der Waals surface area contributed by atoms with Crippen LogP contribution in [0.5, 0.6) is 5.75 Å². The van der Waals surface area contributed by atoms with Crippen LogP contribution >= 0.6 is 0 Å². The maximum atomic E-state index is 12.5. The van der Waals surface area contributed by atoms with Crippen LogP contribution in [0.3, 0.4) is 0 Å². The number of H-pyrrole nitrogens is 1. The zero-order valence-electron chi connectivity index (χ0n) is 18.3. The van der Waals surface area contributed by atoms with Crippen molar-refractivity contribution in [3.05, 3.63) is 57.0 Å². The highest BCUT2D eigenvalue weighted by Crippen LogP contribution is 2.21. The summed E-state index contributed by atoms with van der Waals surface area (Å²) in [4.78, 5) is 34.3. The topological polar surface area (TPSA) is 85.2 Å². The lowest BCUT2D eigenvalue weighted by Gasteiger charge is -2.32. The highest BCUT2D eigenvalue weighted by atomic mass is 16.5. The first-order valence-corrected chi connectivity index (χ1v) is 11.2. The Morgan fingerprint density at radius 3 is 2.81 bits per heavy atom. The molecule has 1 saturated heterocycles. The normalized spacial score (nSPS) is 17.3. The predicted octanol–water partition coefficient (Wildman–Crippen LogP) is 2.51. The summed E-state index contributed by atoms with van der Waals surface area (Å²) in [5.41, 5.74) is 0.195. The number of unbranched alkanes of at least 4 members (excludes halogenated alkanes) is 1. The third kappa shape index (κ3) is 4.74. The Bertz CT molecular complexity index is 1130. The zero-order valence-corrected chi connectivity index (χ0v) is 18.3. The van der Waals surface area contributed by atoms with Crippen LogP contribution in [0, 0.1) is 5.92 Å². The van der Waals surface area contributed by atoms with Crippen LogP contribution < -0.4 is 16.0 Å². The highest BCUT2D eigenvalue weighted by molar-refractivity contribution is 5.70. The smallest absolute Gasteiger partial charge is 0.330 e. The number of hydrogen-bond acceptors (Lipinski definition) is 5. The van der Waals surface area contributed by atoms with Crippen molar-refractivity contribution in [2.24, 2.45) is 13.0 Å². The molecule has 2 aromatic heterocycles. The van der Waals surface area contributed by atoms with E-state index in [9.17, 15) is 9.59 Å². The van der Waals surface area contributed by atoms with Gasteiger partial charge < -0.3 is 9.30 Å². The Kier molecular flexibility index (Phi) is 6.56. The van der Waals surface area contributed by atoms with E-state index in [2.05, 4.69) is 16.8 Å². The number of benzene rings is 1. The van der Waals surface area contributed by atoms with E-state index in [1.54, 1.807) is 4.57 Å². The molecule has 3 aromatic rings. The molecule has 0 saturated carbocycles. The number of aryl methyl sites for hydroxylation is 2. The molecule has 0 amide bonds. The molecule has 31 heavy (non-hydrogen) atoms. The van der Waals surface area contributed by atoms with E-state index in [-0.39, 0.29) is 11.2 Å². The van der Waals surface area contributed by atoms with Gasteiger partial charge in [0, 0.05) is 26.1 Å². The summed E-state index contributed by atoms with van der Waals surface area (Å²) in [7, 11) is 1.86. The molecule has 8 nitrogen and oxygen atoms in total. The molecule has 1 N–H and O–H groups in total. The maximum absolute atomic E-state index is 12.5. The number of ether oxygens (including phenoxy) is 1. The SMILES string of the molecule is CCCCn1c(=O)[nH]c(=O)c2c1nc(CN1CCCC(COc3ccccc3)C1)n2C. The molecule has 1 unspecified atom stereocenters. The Morgan fingerprint density at radius 1 is 1.23 bits per heavy atom. The number of nitrogens with one attached hydrogen (secondary N) is 1. The van der Waals surface area contributed by atoms with Crippen molar-refractivity contribution in [1.82, 2.24) is 24.0 Å². The number of fused-ring (bicyclic) bond motifs is 1. The quantitative estimate of drug-likeness (QED) is 0.599. The fourth-order valence-corrected chi connectivity index (χ4v) is 4.32. The lowest BCUT2D eigenvalue weighted by atomic mass is 9.99.